The molecule has 0 atom stereocenters. The molecule has 5 nitrogen and oxygen atoms in total. The Balaban J connectivity index is 3.26. The molecule has 7 heteroatoms. The van der Waals surface area contributed by atoms with E-state index in [4.69, 9.17) is 11.5 Å². The highest BCUT2D eigenvalue weighted by Crippen LogP contribution is 2.20. The maximum absolute atomic E-state index is 13.5. The standard InChI is InChI=1S/C12H12FNO4S/c1-3-4-5-14-19(17,18)11-7-9(12(15)16)6-10(13)8(11)2/h1,6-7,14H,4-5H2,2H3,(H,15,16). The van der Waals surface area contributed by atoms with Crippen LogP contribution in [-0.2, 0) is 10.0 Å². The average Bonchev–Trinajstić information content (AvgIpc) is 2.32. The predicted molar refractivity (Wildman–Crippen MR) is 66.7 cm³/mol. The summed E-state index contributed by atoms with van der Waals surface area (Å²) in [6.45, 7) is 1.26. The fraction of sp³-hybridized carbons (Fsp3) is 0.250. The number of benzene rings is 1. The van der Waals surface area contributed by atoms with E-state index in [1.165, 1.54) is 6.92 Å². The van der Waals surface area contributed by atoms with E-state index in [1.54, 1.807) is 0 Å². The number of hydrogen-bond acceptors (Lipinski definition) is 3. The van der Waals surface area contributed by atoms with Crippen molar-refractivity contribution in [3.63, 3.8) is 0 Å². The summed E-state index contributed by atoms with van der Waals surface area (Å²) in [6.07, 6.45) is 5.17. The van der Waals surface area contributed by atoms with Crippen molar-refractivity contribution in [2.75, 3.05) is 6.54 Å². The second-order valence-electron chi connectivity index (χ2n) is 3.74. The molecule has 0 heterocycles. The molecule has 2 N–H and O–H groups in total. The Bertz CT molecular complexity index is 646. The van der Waals surface area contributed by atoms with Gasteiger partial charge in [-0.3, -0.25) is 0 Å². The van der Waals surface area contributed by atoms with Gasteiger partial charge in [0, 0.05) is 18.5 Å². The van der Waals surface area contributed by atoms with Gasteiger partial charge < -0.3 is 5.11 Å². The second-order valence-corrected chi connectivity index (χ2v) is 5.47. The maximum Gasteiger partial charge on any atom is 0.335 e. The first kappa shape index (κ1) is 15.1. The van der Waals surface area contributed by atoms with Crippen LogP contribution >= 0.6 is 0 Å². The van der Waals surface area contributed by atoms with Crippen LogP contribution in [0.25, 0.3) is 0 Å². The first-order valence-electron chi connectivity index (χ1n) is 5.26. The molecule has 0 fully saturated rings. The monoisotopic (exact) mass is 285 g/mol. The highest BCUT2D eigenvalue weighted by Gasteiger charge is 2.21. The Hall–Kier alpha value is -1.91. The number of terminal acetylenes is 1. The van der Waals surface area contributed by atoms with Crippen molar-refractivity contribution in [3.8, 4) is 12.3 Å². The first-order valence-corrected chi connectivity index (χ1v) is 6.74. The van der Waals surface area contributed by atoms with E-state index in [1.807, 2.05) is 0 Å². The van der Waals surface area contributed by atoms with E-state index >= 15 is 0 Å². The van der Waals surface area contributed by atoms with Crippen molar-refractivity contribution in [3.05, 3.63) is 29.1 Å². The number of rotatable bonds is 5. The number of sulfonamides is 1. The van der Waals surface area contributed by atoms with Gasteiger partial charge in [-0.1, -0.05) is 0 Å². The molecule has 1 rings (SSSR count). The van der Waals surface area contributed by atoms with E-state index < -0.39 is 32.3 Å². The Morgan fingerprint density at radius 1 is 1.53 bits per heavy atom. The molecule has 0 radical (unpaired) electrons. The summed E-state index contributed by atoms with van der Waals surface area (Å²) in [7, 11) is -3.99. The molecule has 0 aliphatic rings. The quantitative estimate of drug-likeness (QED) is 0.627. The number of nitrogens with one attached hydrogen (secondary N) is 1. The molecule has 0 aliphatic carbocycles. The van der Waals surface area contributed by atoms with Gasteiger partial charge in [-0.05, 0) is 19.1 Å². The molecule has 1 aromatic carbocycles. The zero-order valence-electron chi connectivity index (χ0n) is 10.1. The van der Waals surface area contributed by atoms with Crippen LogP contribution < -0.4 is 4.72 Å². The third-order valence-electron chi connectivity index (χ3n) is 2.39. The van der Waals surface area contributed by atoms with Crippen molar-refractivity contribution in [2.45, 2.75) is 18.2 Å². The van der Waals surface area contributed by atoms with E-state index in [2.05, 4.69) is 10.6 Å². The van der Waals surface area contributed by atoms with E-state index in [9.17, 15) is 17.6 Å². The lowest BCUT2D eigenvalue weighted by Crippen LogP contribution is -2.26. The van der Waals surface area contributed by atoms with Gasteiger partial charge in [-0.15, -0.1) is 12.3 Å². The average molecular weight is 285 g/mol. The summed E-state index contributed by atoms with van der Waals surface area (Å²) >= 11 is 0. The van der Waals surface area contributed by atoms with Gasteiger partial charge in [0.05, 0.1) is 10.5 Å². The highest BCUT2D eigenvalue weighted by atomic mass is 32.2. The minimum absolute atomic E-state index is 0.00279. The van der Waals surface area contributed by atoms with E-state index in [-0.39, 0.29) is 18.5 Å². The van der Waals surface area contributed by atoms with Gasteiger partial charge in [0.1, 0.15) is 5.82 Å². The fourth-order valence-electron chi connectivity index (χ4n) is 1.39. The SMILES string of the molecule is C#CCCNS(=O)(=O)c1cc(C(=O)O)cc(F)c1C. The molecule has 0 saturated heterocycles. The van der Waals surface area contributed by atoms with Gasteiger partial charge >= 0.3 is 5.97 Å². The van der Waals surface area contributed by atoms with Crippen molar-refractivity contribution in [2.24, 2.45) is 0 Å². The minimum atomic E-state index is -3.99. The molecule has 0 saturated carbocycles. The third kappa shape index (κ3) is 3.53. The van der Waals surface area contributed by atoms with Crippen LogP contribution in [-0.4, -0.2) is 26.0 Å². The number of carboxylic acid groups (broad SMARTS) is 1. The number of carboxylic acids is 1. The third-order valence-corrected chi connectivity index (χ3v) is 3.98. The van der Waals surface area contributed by atoms with Crippen LogP contribution in [0.2, 0.25) is 0 Å². The normalized spacial score (nSPS) is 11.0. The molecule has 0 unspecified atom stereocenters. The molecule has 1 aromatic rings. The number of carbonyl (C=O) groups is 1. The summed E-state index contributed by atoms with van der Waals surface area (Å²) in [6, 6.07) is 1.69. The van der Waals surface area contributed by atoms with Crippen LogP contribution in [0.4, 0.5) is 4.39 Å². The zero-order valence-corrected chi connectivity index (χ0v) is 10.9. The molecule has 0 spiro atoms. The number of halogens is 1. The molecule has 0 aromatic heterocycles. The van der Waals surface area contributed by atoms with Crippen LogP contribution in [0.15, 0.2) is 17.0 Å². The van der Waals surface area contributed by atoms with E-state index in [0.29, 0.717) is 0 Å². The van der Waals surface area contributed by atoms with E-state index in [0.717, 1.165) is 12.1 Å². The number of aromatic carboxylic acids is 1. The van der Waals surface area contributed by atoms with Gasteiger partial charge in [0.2, 0.25) is 10.0 Å². The lowest BCUT2D eigenvalue weighted by Gasteiger charge is -2.10. The second kappa shape index (κ2) is 5.82. The summed E-state index contributed by atoms with van der Waals surface area (Å²) in [4.78, 5) is 10.4. The van der Waals surface area contributed by atoms with Crippen LogP contribution in [0.3, 0.4) is 0 Å². The van der Waals surface area contributed by atoms with Crippen molar-refractivity contribution < 1.29 is 22.7 Å². The van der Waals surface area contributed by atoms with Crippen molar-refractivity contribution >= 4 is 16.0 Å². The summed E-state index contributed by atoms with van der Waals surface area (Å²) in [5, 5.41) is 8.80. The molecule has 102 valence electrons. The first-order chi connectivity index (χ1) is 8.79. The highest BCUT2D eigenvalue weighted by molar-refractivity contribution is 7.89. The predicted octanol–water partition coefficient (Wildman–Crippen LogP) is 1.13. The topological polar surface area (TPSA) is 83.5 Å². The van der Waals surface area contributed by atoms with Gasteiger partial charge in [0.25, 0.3) is 0 Å². The Kier molecular flexibility index (Phi) is 4.64. The van der Waals surface area contributed by atoms with Gasteiger partial charge in [-0.25, -0.2) is 22.3 Å². The molecule has 0 aliphatic heterocycles. The summed E-state index contributed by atoms with van der Waals surface area (Å²) in [5.74, 6) is -0.0430. The van der Waals surface area contributed by atoms with Gasteiger partial charge in [0.15, 0.2) is 0 Å². The van der Waals surface area contributed by atoms with Crippen LogP contribution in [0.1, 0.15) is 22.3 Å². The largest absolute Gasteiger partial charge is 0.478 e. The molecule has 19 heavy (non-hydrogen) atoms. The Morgan fingerprint density at radius 2 is 2.16 bits per heavy atom. The lowest BCUT2D eigenvalue weighted by atomic mass is 10.1. The molecule has 0 bridgehead atoms. The van der Waals surface area contributed by atoms with Crippen LogP contribution in [0, 0.1) is 25.1 Å². The number of hydrogen-bond donors (Lipinski definition) is 2. The Morgan fingerprint density at radius 3 is 2.68 bits per heavy atom. The van der Waals surface area contributed by atoms with Crippen molar-refractivity contribution in [1.29, 1.82) is 0 Å². The zero-order chi connectivity index (χ0) is 14.6. The smallest absolute Gasteiger partial charge is 0.335 e. The minimum Gasteiger partial charge on any atom is -0.478 e. The Labute approximate surface area is 110 Å². The maximum atomic E-state index is 13.5. The fourth-order valence-corrected chi connectivity index (χ4v) is 2.70. The van der Waals surface area contributed by atoms with Crippen LogP contribution in [0.5, 0.6) is 0 Å². The molecular weight excluding hydrogens is 273 g/mol. The lowest BCUT2D eigenvalue weighted by molar-refractivity contribution is 0.0696. The summed E-state index contributed by atoms with van der Waals surface area (Å²) < 4.78 is 39.5. The van der Waals surface area contributed by atoms with Crippen molar-refractivity contribution in [1.82, 2.24) is 4.72 Å². The summed E-state index contributed by atoms with van der Waals surface area (Å²) in [5.41, 5.74) is -0.571. The molecule has 0 amide bonds. The molecular formula is C12H12FNO4S. The van der Waals surface area contributed by atoms with Gasteiger partial charge in [-0.2, -0.15) is 0 Å².